The largest absolute Gasteiger partial charge is 0.469 e. The smallest absolute Gasteiger partial charge is 0.221 e. The van der Waals surface area contributed by atoms with E-state index in [1.807, 2.05) is 19.1 Å². The van der Waals surface area contributed by atoms with Crippen LogP contribution in [0.25, 0.3) is 0 Å². The summed E-state index contributed by atoms with van der Waals surface area (Å²) in [6.45, 7) is 8.41. The van der Waals surface area contributed by atoms with Gasteiger partial charge in [-0.2, -0.15) is 0 Å². The number of carbonyl (C=O) groups is 1. The molecular weight excluding hydrogens is 296 g/mol. The van der Waals surface area contributed by atoms with E-state index in [9.17, 15) is 4.79 Å². The quantitative estimate of drug-likeness (QED) is 0.832. The lowest BCUT2D eigenvalue weighted by molar-refractivity contribution is -0.122. The number of rotatable bonds is 7. The Hall–Kier alpha value is -1.62. The fourth-order valence-electron chi connectivity index (χ4n) is 2.30. The molecule has 2 aromatic rings. The van der Waals surface area contributed by atoms with E-state index in [1.54, 1.807) is 17.6 Å². The molecule has 1 atom stereocenters. The fraction of sp³-hybridized carbons (Fsp3) is 0.529. The molecule has 22 heavy (non-hydrogen) atoms. The first-order valence-corrected chi connectivity index (χ1v) is 8.53. The number of thiazole rings is 1. The molecule has 1 amide bonds. The van der Waals surface area contributed by atoms with Gasteiger partial charge in [0.25, 0.3) is 0 Å². The van der Waals surface area contributed by atoms with Crippen LogP contribution in [-0.4, -0.2) is 10.9 Å². The van der Waals surface area contributed by atoms with Gasteiger partial charge in [0.1, 0.15) is 10.8 Å². The number of aromatic nitrogens is 1. The molecule has 0 spiro atoms. The third-order valence-electron chi connectivity index (χ3n) is 3.56. The molecule has 2 heterocycles. The molecule has 4 nitrogen and oxygen atoms in total. The van der Waals surface area contributed by atoms with Crippen molar-refractivity contribution in [3.63, 3.8) is 0 Å². The number of aryl methyl sites for hydroxylation is 3. The van der Waals surface area contributed by atoms with Crippen molar-refractivity contribution in [2.45, 2.75) is 53.0 Å². The van der Waals surface area contributed by atoms with E-state index in [1.165, 1.54) is 4.88 Å². The van der Waals surface area contributed by atoms with E-state index >= 15 is 0 Å². The molecule has 1 unspecified atom stereocenters. The summed E-state index contributed by atoms with van der Waals surface area (Å²) in [5.41, 5.74) is 1.05. The first-order chi connectivity index (χ1) is 10.5. The number of amides is 1. The lowest BCUT2D eigenvalue weighted by Crippen LogP contribution is -2.29. The molecule has 120 valence electrons. The van der Waals surface area contributed by atoms with Gasteiger partial charge in [-0.1, -0.05) is 13.8 Å². The normalized spacial score (nSPS) is 12.6. The molecule has 2 aromatic heterocycles. The van der Waals surface area contributed by atoms with Crippen molar-refractivity contribution in [1.82, 2.24) is 10.3 Å². The Morgan fingerprint density at radius 1 is 1.41 bits per heavy atom. The average Bonchev–Trinajstić information content (AvgIpc) is 3.06. The first-order valence-electron chi connectivity index (χ1n) is 7.71. The van der Waals surface area contributed by atoms with Crippen molar-refractivity contribution < 1.29 is 9.21 Å². The molecule has 5 heteroatoms. The van der Waals surface area contributed by atoms with Crippen molar-refractivity contribution in [2.24, 2.45) is 5.92 Å². The summed E-state index contributed by atoms with van der Waals surface area (Å²) in [7, 11) is 0. The summed E-state index contributed by atoms with van der Waals surface area (Å²) >= 11 is 1.68. The molecule has 0 aliphatic rings. The van der Waals surface area contributed by atoms with Crippen molar-refractivity contribution in [2.75, 3.05) is 0 Å². The van der Waals surface area contributed by atoms with Crippen molar-refractivity contribution >= 4 is 17.2 Å². The number of carbonyl (C=O) groups excluding carboxylic acids is 1. The lowest BCUT2D eigenvalue weighted by atomic mass is 10.0. The highest BCUT2D eigenvalue weighted by Crippen LogP contribution is 2.27. The van der Waals surface area contributed by atoms with Gasteiger partial charge in [-0.05, 0) is 38.3 Å². The molecule has 0 aliphatic heterocycles. The zero-order valence-electron chi connectivity index (χ0n) is 13.7. The molecule has 0 aliphatic carbocycles. The molecular formula is C17H24N2O2S. The lowest BCUT2D eigenvalue weighted by Gasteiger charge is -2.18. The predicted molar refractivity (Wildman–Crippen MR) is 89.0 cm³/mol. The summed E-state index contributed by atoms with van der Waals surface area (Å²) in [6, 6.07) is 3.74. The van der Waals surface area contributed by atoms with Crippen LogP contribution in [0.15, 0.2) is 22.8 Å². The first kappa shape index (κ1) is 16.7. The van der Waals surface area contributed by atoms with E-state index in [0.29, 0.717) is 18.8 Å². The molecule has 0 saturated heterocycles. The maximum atomic E-state index is 12.2. The maximum absolute atomic E-state index is 12.2. The van der Waals surface area contributed by atoms with Crippen LogP contribution in [-0.2, 0) is 11.2 Å². The monoisotopic (exact) mass is 320 g/mol. The minimum atomic E-state index is 0.00139. The zero-order valence-corrected chi connectivity index (χ0v) is 14.5. The molecule has 0 fully saturated rings. The van der Waals surface area contributed by atoms with E-state index in [-0.39, 0.29) is 11.9 Å². The van der Waals surface area contributed by atoms with Crippen LogP contribution in [0, 0.1) is 19.8 Å². The van der Waals surface area contributed by atoms with Crippen LogP contribution in [0.2, 0.25) is 0 Å². The Bertz CT molecular complexity index is 583. The minimum Gasteiger partial charge on any atom is -0.469 e. The second-order valence-corrected chi connectivity index (χ2v) is 7.26. The number of furan rings is 1. The van der Waals surface area contributed by atoms with Gasteiger partial charge in [-0.15, -0.1) is 11.3 Å². The number of hydrogen-bond acceptors (Lipinski definition) is 4. The molecule has 0 aromatic carbocycles. The zero-order chi connectivity index (χ0) is 16.1. The standard InChI is InChI=1S/C17H24N2O2S/c1-11(2)10-15(17-18-12(3)13(4)22-17)19-16(20)8-7-14-6-5-9-21-14/h5-6,9,11,15H,7-8,10H2,1-4H3,(H,19,20). The summed E-state index contributed by atoms with van der Waals surface area (Å²) < 4.78 is 5.27. The van der Waals surface area contributed by atoms with E-state index in [0.717, 1.165) is 22.9 Å². The Morgan fingerprint density at radius 2 is 2.18 bits per heavy atom. The van der Waals surface area contributed by atoms with Gasteiger partial charge in [0.15, 0.2) is 0 Å². The second-order valence-electron chi connectivity index (χ2n) is 6.02. The third-order valence-corrected chi connectivity index (χ3v) is 4.75. The van der Waals surface area contributed by atoms with Gasteiger partial charge in [-0.25, -0.2) is 4.98 Å². The molecule has 2 rings (SSSR count). The highest BCUT2D eigenvalue weighted by Gasteiger charge is 2.20. The van der Waals surface area contributed by atoms with E-state index in [4.69, 9.17) is 4.42 Å². The molecule has 0 saturated carbocycles. The summed E-state index contributed by atoms with van der Waals surface area (Å²) in [4.78, 5) is 18.0. The fourth-order valence-corrected chi connectivity index (χ4v) is 3.28. The Labute approximate surface area is 136 Å². The third kappa shape index (κ3) is 4.70. The number of nitrogens with one attached hydrogen (secondary N) is 1. The average molecular weight is 320 g/mol. The number of nitrogens with zero attached hydrogens (tertiary/aromatic N) is 1. The highest BCUT2D eigenvalue weighted by molar-refractivity contribution is 7.11. The van der Waals surface area contributed by atoms with Gasteiger partial charge in [-0.3, -0.25) is 4.79 Å². The maximum Gasteiger partial charge on any atom is 0.221 e. The minimum absolute atomic E-state index is 0.00139. The van der Waals surface area contributed by atoms with Gasteiger partial charge >= 0.3 is 0 Å². The predicted octanol–water partition coefficient (Wildman–Crippen LogP) is 4.19. The number of hydrogen-bond donors (Lipinski definition) is 1. The Kier molecular flexibility index (Phi) is 5.77. The summed E-state index contributed by atoms with van der Waals surface area (Å²) in [5.74, 6) is 1.39. The van der Waals surface area contributed by atoms with Gasteiger partial charge in [0.2, 0.25) is 5.91 Å². The summed E-state index contributed by atoms with van der Waals surface area (Å²) in [6.07, 6.45) is 3.60. The van der Waals surface area contributed by atoms with Gasteiger partial charge < -0.3 is 9.73 Å². The van der Waals surface area contributed by atoms with Crippen LogP contribution < -0.4 is 5.32 Å². The van der Waals surface area contributed by atoms with Crippen molar-refractivity contribution in [3.05, 3.63) is 39.7 Å². The molecule has 1 N–H and O–H groups in total. The SMILES string of the molecule is Cc1nc(C(CC(C)C)NC(=O)CCc2ccco2)sc1C. The van der Waals surface area contributed by atoms with E-state index < -0.39 is 0 Å². The molecule has 0 bridgehead atoms. The van der Waals surface area contributed by atoms with Gasteiger partial charge in [0, 0.05) is 17.7 Å². The van der Waals surface area contributed by atoms with Crippen LogP contribution in [0.5, 0.6) is 0 Å². The second kappa shape index (κ2) is 7.58. The van der Waals surface area contributed by atoms with Crippen LogP contribution in [0.1, 0.15) is 54.1 Å². The van der Waals surface area contributed by atoms with Crippen LogP contribution >= 0.6 is 11.3 Å². The Balaban J connectivity index is 1.98. The topological polar surface area (TPSA) is 55.1 Å². The van der Waals surface area contributed by atoms with Crippen molar-refractivity contribution in [1.29, 1.82) is 0 Å². The van der Waals surface area contributed by atoms with Crippen LogP contribution in [0.4, 0.5) is 0 Å². The van der Waals surface area contributed by atoms with Crippen molar-refractivity contribution in [3.8, 4) is 0 Å². The van der Waals surface area contributed by atoms with E-state index in [2.05, 4.69) is 31.1 Å². The molecule has 0 radical (unpaired) electrons. The highest BCUT2D eigenvalue weighted by atomic mass is 32.1. The Morgan fingerprint density at radius 3 is 2.73 bits per heavy atom. The summed E-state index contributed by atoms with van der Waals surface area (Å²) in [5, 5.41) is 4.14. The van der Waals surface area contributed by atoms with Gasteiger partial charge in [0.05, 0.1) is 18.0 Å². The van der Waals surface area contributed by atoms with Crippen LogP contribution in [0.3, 0.4) is 0 Å².